The molecule has 0 aliphatic rings. The lowest BCUT2D eigenvalue weighted by atomic mass is 10.00. The summed E-state index contributed by atoms with van der Waals surface area (Å²) in [5, 5.41) is 4.53. The monoisotopic (exact) mass is 290 g/mol. The molecular formula is C16H22N2OS. The summed E-state index contributed by atoms with van der Waals surface area (Å²) < 4.78 is 5.71. The van der Waals surface area contributed by atoms with Crippen LogP contribution in [0.1, 0.15) is 27.2 Å². The lowest BCUT2D eigenvalue weighted by molar-refractivity contribution is 0.0704. The summed E-state index contributed by atoms with van der Waals surface area (Å²) in [5.41, 5.74) is 2.33. The minimum absolute atomic E-state index is 0.0331. The Morgan fingerprint density at radius 1 is 1.25 bits per heavy atom. The van der Waals surface area contributed by atoms with Crippen LogP contribution in [0, 0.1) is 13.8 Å². The van der Waals surface area contributed by atoms with Gasteiger partial charge in [-0.15, -0.1) is 11.3 Å². The number of likely N-dealkylation sites (N-methyl/N-ethyl adjacent to an activating group) is 1. The van der Waals surface area contributed by atoms with Gasteiger partial charge in [-0.25, -0.2) is 4.98 Å². The van der Waals surface area contributed by atoms with Crippen LogP contribution in [0.3, 0.4) is 0 Å². The van der Waals surface area contributed by atoms with Gasteiger partial charge in [-0.1, -0.05) is 30.3 Å². The van der Waals surface area contributed by atoms with Gasteiger partial charge < -0.3 is 10.1 Å². The van der Waals surface area contributed by atoms with E-state index in [0.29, 0.717) is 0 Å². The summed E-state index contributed by atoms with van der Waals surface area (Å²) in [6, 6.07) is 10.6. The molecule has 0 radical (unpaired) electrons. The largest absolute Gasteiger partial charge is 0.375 e. The summed E-state index contributed by atoms with van der Waals surface area (Å²) >= 11 is 1.77. The minimum atomic E-state index is 0.0331. The number of hydrogen-bond donors (Lipinski definition) is 1. The molecule has 0 aliphatic heterocycles. The lowest BCUT2D eigenvalue weighted by Gasteiger charge is -2.25. The molecule has 1 aromatic heterocycles. The van der Waals surface area contributed by atoms with Gasteiger partial charge >= 0.3 is 0 Å². The van der Waals surface area contributed by atoms with Crippen molar-refractivity contribution in [3.63, 3.8) is 0 Å². The molecule has 3 nitrogen and oxygen atoms in total. The van der Waals surface area contributed by atoms with E-state index in [2.05, 4.69) is 36.3 Å². The summed E-state index contributed by atoms with van der Waals surface area (Å²) in [4.78, 5) is 5.93. The van der Waals surface area contributed by atoms with Gasteiger partial charge in [0.15, 0.2) is 0 Å². The van der Waals surface area contributed by atoms with Gasteiger partial charge in [-0.2, -0.15) is 0 Å². The molecule has 1 N–H and O–H groups in total. The van der Waals surface area contributed by atoms with Crippen LogP contribution in [-0.2, 0) is 11.2 Å². The number of nitrogens with zero attached hydrogens (tertiary/aromatic N) is 1. The normalized spacial score (nSPS) is 14.2. The molecule has 2 unspecified atom stereocenters. The van der Waals surface area contributed by atoms with Crippen molar-refractivity contribution in [1.82, 2.24) is 10.3 Å². The first-order chi connectivity index (χ1) is 9.65. The molecule has 20 heavy (non-hydrogen) atoms. The van der Waals surface area contributed by atoms with Crippen LogP contribution in [0.25, 0.3) is 0 Å². The van der Waals surface area contributed by atoms with E-state index < -0.39 is 0 Å². The zero-order valence-corrected chi connectivity index (χ0v) is 13.3. The number of methoxy groups -OCH3 is 1. The Balaban J connectivity index is 2.17. The Labute approximate surface area is 125 Å². The molecule has 108 valence electrons. The van der Waals surface area contributed by atoms with Gasteiger partial charge in [0.1, 0.15) is 0 Å². The summed E-state index contributed by atoms with van der Waals surface area (Å²) in [7, 11) is 3.74. The van der Waals surface area contributed by atoms with Gasteiger partial charge in [0.05, 0.1) is 16.8 Å². The third-order valence-electron chi connectivity index (χ3n) is 3.59. The molecule has 0 spiro atoms. The number of rotatable bonds is 6. The molecule has 2 atom stereocenters. The van der Waals surface area contributed by atoms with Crippen molar-refractivity contribution in [3.05, 3.63) is 51.5 Å². The quantitative estimate of drug-likeness (QED) is 0.886. The van der Waals surface area contributed by atoms with E-state index in [0.717, 1.165) is 17.1 Å². The summed E-state index contributed by atoms with van der Waals surface area (Å²) in [5.74, 6) is 0. The summed E-state index contributed by atoms with van der Waals surface area (Å²) in [6.45, 7) is 4.19. The van der Waals surface area contributed by atoms with Crippen LogP contribution >= 0.6 is 11.3 Å². The maximum absolute atomic E-state index is 5.71. The molecule has 2 rings (SSSR count). The fourth-order valence-corrected chi connectivity index (χ4v) is 3.34. The highest BCUT2D eigenvalue weighted by Gasteiger charge is 2.23. The predicted molar refractivity (Wildman–Crippen MR) is 84.3 cm³/mol. The molecule has 0 bridgehead atoms. The lowest BCUT2D eigenvalue weighted by Crippen LogP contribution is -2.35. The predicted octanol–water partition coefficient (Wildman–Crippen LogP) is 3.28. The van der Waals surface area contributed by atoms with E-state index in [-0.39, 0.29) is 12.1 Å². The fraction of sp³-hybridized carbons (Fsp3) is 0.438. The van der Waals surface area contributed by atoms with Gasteiger partial charge in [-0.3, -0.25) is 0 Å². The molecule has 4 heteroatoms. The maximum Gasteiger partial charge on any atom is 0.0978 e. The molecule has 0 amide bonds. The average molecular weight is 290 g/mol. The molecular weight excluding hydrogens is 268 g/mol. The fourth-order valence-electron chi connectivity index (χ4n) is 2.35. The van der Waals surface area contributed by atoms with Crippen LogP contribution < -0.4 is 5.32 Å². The molecule has 0 fully saturated rings. The van der Waals surface area contributed by atoms with E-state index in [1.54, 1.807) is 18.4 Å². The topological polar surface area (TPSA) is 34.2 Å². The highest BCUT2D eigenvalue weighted by atomic mass is 32.1. The second-order valence-electron chi connectivity index (χ2n) is 4.92. The van der Waals surface area contributed by atoms with Crippen LogP contribution in [0.15, 0.2) is 30.3 Å². The Hall–Kier alpha value is -1.23. The SMILES string of the molecule is CNC(Cc1nc(C)c(C)s1)C(OC)c1ccccc1. The Bertz CT molecular complexity index is 519. The van der Waals surface area contributed by atoms with Crippen LogP contribution in [0.4, 0.5) is 0 Å². The molecule has 2 aromatic rings. The number of aryl methyl sites for hydroxylation is 2. The van der Waals surface area contributed by atoms with Crippen molar-refractivity contribution in [2.24, 2.45) is 0 Å². The first-order valence-electron chi connectivity index (χ1n) is 6.83. The van der Waals surface area contributed by atoms with Crippen molar-refractivity contribution < 1.29 is 4.74 Å². The second-order valence-corrected chi connectivity index (χ2v) is 6.20. The van der Waals surface area contributed by atoms with Crippen molar-refractivity contribution in [2.45, 2.75) is 32.4 Å². The highest BCUT2D eigenvalue weighted by molar-refractivity contribution is 7.11. The Morgan fingerprint density at radius 2 is 1.95 bits per heavy atom. The smallest absolute Gasteiger partial charge is 0.0978 e. The van der Waals surface area contributed by atoms with E-state index in [1.165, 1.54) is 10.4 Å². The molecule has 1 aromatic carbocycles. The zero-order chi connectivity index (χ0) is 14.5. The third-order valence-corrected chi connectivity index (χ3v) is 4.68. The number of ether oxygens (including phenoxy) is 1. The first kappa shape index (κ1) is 15.2. The molecule has 0 saturated heterocycles. The number of aromatic nitrogens is 1. The summed E-state index contributed by atoms with van der Waals surface area (Å²) in [6.07, 6.45) is 0.911. The third kappa shape index (κ3) is 3.45. The number of thiazole rings is 1. The minimum Gasteiger partial charge on any atom is -0.375 e. The van der Waals surface area contributed by atoms with E-state index in [1.807, 2.05) is 25.2 Å². The van der Waals surface area contributed by atoms with Crippen molar-refractivity contribution in [3.8, 4) is 0 Å². The van der Waals surface area contributed by atoms with E-state index in [9.17, 15) is 0 Å². The average Bonchev–Trinajstić information content (AvgIpc) is 2.78. The standard InChI is InChI=1S/C16H22N2OS/c1-11-12(2)20-15(18-11)10-14(17-3)16(19-4)13-8-6-5-7-9-13/h5-9,14,16-17H,10H2,1-4H3. The van der Waals surface area contributed by atoms with Gasteiger partial charge in [0, 0.05) is 24.4 Å². The van der Waals surface area contributed by atoms with Gasteiger partial charge in [-0.05, 0) is 26.5 Å². The van der Waals surface area contributed by atoms with Crippen LogP contribution in [0.5, 0.6) is 0 Å². The zero-order valence-electron chi connectivity index (χ0n) is 12.5. The number of nitrogens with one attached hydrogen (secondary N) is 1. The van der Waals surface area contributed by atoms with Gasteiger partial charge in [0.2, 0.25) is 0 Å². The highest BCUT2D eigenvalue weighted by Crippen LogP contribution is 2.25. The van der Waals surface area contributed by atoms with Crippen molar-refractivity contribution in [1.29, 1.82) is 0 Å². The Kier molecular flexibility index (Phi) is 5.29. The molecule has 1 heterocycles. The second kappa shape index (κ2) is 6.97. The number of benzene rings is 1. The number of hydrogen-bond acceptors (Lipinski definition) is 4. The maximum atomic E-state index is 5.71. The van der Waals surface area contributed by atoms with E-state index >= 15 is 0 Å². The first-order valence-corrected chi connectivity index (χ1v) is 7.65. The van der Waals surface area contributed by atoms with E-state index in [4.69, 9.17) is 4.74 Å². The van der Waals surface area contributed by atoms with Gasteiger partial charge in [0.25, 0.3) is 0 Å². The van der Waals surface area contributed by atoms with Crippen molar-refractivity contribution in [2.75, 3.05) is 14.2 Å². The Morgan fingerprint density at radius 3 is 2.45 bits per heavy atom. The van der Waals surface area contributed by atoms with Crippen LogP contribution in [0.2, 0.25) is 0 Å². The molecule has 0 aliphatic carbocycles. The van der Waals surface area contributed by atoms with Crippen LogP contribution in [-0.4, -0.2) is 25.2 Å². The van der Waals surface area contributed by atoms with Crippen molar-refractivity contribution >= 4 is 11.3 Å². The molecule has 0 saturated carbocycles.